The lowest BCUT2D eigenvalue weighted by molar-refractivity contribution is -0.121. The fourth-order valence-corrected chi connectivity index (χ4v) is 3.94. The van der Waals surface area contributed by atoms with Gasteiger partial charge in [-0.1, -0.05) is 38.1 Å². The third kappa shape index (κ3) is 3.06. The van der Waals surface area contributed by atoms with E-state index in [1.807, 2.05) is 10.6 Å². The van der Waals surface area contributed by atoms with E-state index in [9.17, 15) is 4.79 Å². The molecule has 1 aromatic carbocycles. The number of fused-ring (bicyclic) bond motifs is 2. The molecule has 1 aliphatic heterocycles. The predicted octanol–water partition coefficient (Wildman–Crippen LogP) is 2.28. The molecule has 0 saturated carbocycles. The first-order chi connectivity index (χ1) is 12.0. The van der Waals surface area contributed by atoms with E-state index in [-0.39, 0.29) is 23.8 Å². The Balaban J connectivity index is 1.49. The van der Waals surface area contributed by atoms with Crippen LogP contribution in [0.4, 0.5) is 0 Å². The van der Waals surface area contributed by atoms with Crippen molar-refractivity contribution in [2.45, 2.75) is 57.7 Å². The molecule has 1 aliphatic carbocycles. The molecule has 4 rings (SSSR count). The van der Waals surface area contributed by atoms with Crippen LogP contribution in [0.1, 0.15) is 55.5 Å². The quantitative estimate of drug-likeness (QED) is 0.931. The number of nitrogens with zero attached hydrogens (tertiary/aromatic N) is 3. The van der Waals surface area contributed by atoms with Gasteiger partial charge in [0.1, 0.15) is 12.4 Å². The average molecular weight is 340 g/mol. The van der Waals surface area contributed by atoms with Gasteiger partial charge in [-0.25, -0.2) is 0 Å². The highest BCUT2D eigenvalue weighted by atomic mass is 16.5. The Labute approximate surface area is 147 Å². The van der Waals surface area contributed by atoms with Gasteiger partial charge in [-0.3, -0.25) is 4.79 Å². The second kappa shape index (κ2) is 6.26. The lowest BCUT2D eigenvalue weighted by Gasteiger charge is -2.37. The summed E-state index contributed by atoms with van der Waals surface area (Å²) in [5, 5.41) is 11.5. The minimum absolute atomic E-state index is 0.00111. The Hall–Kier alpha value is -2.21. The van der Waals surface area contributed by atoms with Gasteiger partial charge in [-0.2, -0.15) is 0 Å². The van der Waals surface area contributed by atoms with E-state index >= 15 is 0 Å². The highest BCUT2D eigenvalue weighted by Gasteiger charge is 2.33. The van der Waals surface area contributed by atoms with Crippen molar-refractivity contribution in [1.82, 2.24) is 20.1 Å². The smallest absolute Gasteiger partial charge is 0.228 e. The van der Waals surface area contributed by atoms with E-state index in [0.717, 1.165) is 24.5 Å². The van der Waals surface area contributed by atoms with Crippen molar-refractivity contribution in [2.75, 3.05) is 6.61 Å². The zero-order valence-electron chi connectivity index (χ0n) is 14.8. The van der Waals surface area contributed by atoms with E-state index in [0.29, 0.717) is 19.8 Å². The van der Waals surface area contributed by atoms with Crippen molar-refractivity contribution in [2.24, 2.45) is 0 Å². The molecule has 0 fully saturated rings. The van der Waals surface area contributed by atoms with Crippen molar-refractivity contribution in [3.05, 3.63) is 47.0 Å². The van der Waals surface area contributed by atoms with Crippen LogP contribution in [0.2, 0.25) is 0 Å². The Bertz CT molecular complexity index is 796. The van der Waals surface area contributed by atoms with Gasteiger partial charge in [0.25, 0.3) is 0 Å². The zero-order valence-corrected chi connectivity index (χ0v) is 14.8. The zero-order chi connectivity index (χ0) is 17.4. The highest BCUT2D eigenvalue weighted by molar-refractivity contribution is 5.78. The van der Waals surface area contributed by atoms with Gasteiger partial charge >= 0.3 is 0 Å². The Kier molecular flexibility index (Phi) is 4.07. The fourth-order valence-electron chi connectivity index (χ4n) is 3.94. The number of amides is 1. The number of ether oxygens (including phenoxy) is 1. The van der Waals surface area contributed by atoms with Gasteiger partial charge in [0.15, 0.2) is 5.82 Å². The molecule has 0 radical (unpaired) electrons. The first-order valence-electron chi connectivity index (χ1n) is 8.92. The summed E-state index contributed by atoms with van der Waals surface area (Å²) in [6.07, 6.45) is 2.28. The lowest BCUT2D eigenvalue weighted by atomic mass is 9.71. The summed E-state index contributed by atoms with van der Waals surface area (Å²) in [5.41, 5.74) is 2.73. The molecule has 2 heterocycles. The summed E-state index contributed by atoms with van der Waals surface area (Å²) in [6.45, 7) is 6.37. The molecule has 6 heteroatoms. The van der Waals surface area contributed by atoms with Crippen molar-refractivity contribution in [1.29, 1.82) is 0 Å². The molecular weight excluding hydrogens is 316 g/mol. The maximum Gasteiger partial charge on any atom is 0.228 e. The molecular formula is C19H24N4O2. The number of nitrogens with one attached hydrogen (secondary N) is 1. The van der Waals surface area contributed by atoms with Crippen LogP contribution in [0.3, 0.4) is 0 Å². The van der Waals surface area contributed by atoms with Crippen LogP contribution in [0.5, 0.6) is 0 Å². The molecule has 132 valence electrons. The largest absolute Gasteiger partial charge is 0.372 e. The SMILES string of the molecule is CC1(C)CCC(NC(=O)Cc2nnc3n2CCOC3)c2ccccc21. The molecule has 0 spiro atoms. The number of carbonyl (C=O) groups is 1. The number of benzene rings is 1. The van der Waals surface area contributed by atoms with Gasteiger partial charge in [0.2, 0.25) is 5.91 Å². The molecule has 0 saturated heterocycles. The number of rotatable bonds is 3. The molecule has 2 aliphatic rings. The third-order valence-electron chi connectivity index (χ3n) is 5.37. The fraction of sp³-hybridized carbons (Fsp3) is 0.526. The second-order valence-corrected chi connectivity index (χ2v) is 7.54. The van der Waals surface area contributed by atoms with Crippen LogP contribution in [-0.2, 0) is 34.5 Å². The van der Waals surface area contributed by atoms with Crippen LogP contribution in [0.15, 0.2) is 24.3 Å². The molecule has 1 amide bonds. The van der Waals surface area contributed by atoms with E-state index in [1.165, 1.54) is 11.1 Å². The van der Waals surface area contributed by atoms with E-state index in [2.05, 4.69) is 47.6 Å². The predicted molar refractivity (Wildman–Crippen MR) is 93.0 cm³/mol. The van der Waals surface area contributed by atoms with Crippen molar-refractivity contribution in [3.8, 4) is 0 Å². The lowest BCUT2D eigenvalue weighted by Crippen LogP contribution is -2.36. The number of aromatic nitrogens is 3. The molecule has 1 N–H and O–H groups in total. The maximum absolute atomic E-state index is 12.6. The molecule has 6 nitrogen and oxygen atoms in total. The Morgan fingerprint density at radius 1 is 1.36 bits per heavy atom. The average Bonchev–Trinajstić information content (AvgIpc) is 3.01. The van der Waals surface area contributed by atoms with Crippen LogP contribution >= 0.6 is 0 Å². The van der Waals surface area contributed by atoms with Gasteiger partial charge in [-0.15, -0.1) is 10.2 Å². The van der Waals surface area contributed by atoms with Gasteiger partial charge < -0.3 is 14.6 Å². The first-order valence-corrected chi connectivity index (χ1v) is 8.92. The molecule has 25 heavy (non-hydrogen) atoms. The van der Waals surface area contributed by atoms with Gasteiger partial charge in [0, 0.05) is 6.54 Å². The van der Waals surface area contributed by atoms with Crippen molar-refractivity contribution in [3.63, 3.8) is 0 Å². The third-order valence-corrected chi connectivity index (χ3v) is 5.37. The van der Waals surface area contributed by atoms with E-state index in [1.54, 1.807) is 0 Å². The van der Waals surface area contributed by atoms with Crippen LogP contribution in [0, 0.1) is 0 Å². The Morgan fingerprint density at radius 3 is 3.08 bits per heavy atom. The molecule has 2 aromatic rings. The minimum atomic E-state index is 0.00111. The van der Waals surface area contributed by atoms with Crippen molar-refractivity contribution < 1.29 is 9.53 Å². The highest BCUT2D eigenvalue weighted by Crippen LogP contribution is 2.41. The van der Waals surface area contributed by atoms with Gasteiger partial charge in [-0.05, 0) is 29.4 Å². The number of hydrogen-bond donors (Lipinski definition) is 1. The first kappa shape index (κ1) is 16.3. The summed E-state index contributed by atoms with van der Waals surface area (Å²) in [7, 11) is 0. The number of carbonyl (C=O) groups excluding carboxylic acids is 1. The maximum atomic E-state index is 12.6. The molecule has 1 atom stereocenters. The van der Waals surface area contributed by atoms with Gasteiger partial charge in [0.05, 0.1) is 19.1 Å². The summed E-state index contributed by atoms with van der Waals surface area (Å²) in [6, 6.07) is 8.52. The topological polar surface area (TPSA) is 69.0 Å². The van der Waals surface area contributed by atoms with Crippen LogP contribution in [0.25, 0.3) is 0 Å². The van der Waals surface area contributed by atoms with E-state index in [4.69, 9.17) is 4.74 Å². The number of hydrogen-bond acceptors (Lipinski definition) is 4. The van der Waals surface area contributed by atoms with Crippen LogP contribution in [-0.4, -0.2) is 27.3 Å². The normalized spacial score (nSPS) is 21.3. The summed E-state index contributed by atoms with van der Waals surface area (Å²) < 4.78 is 7.37. The van der Waals surface area contributed by atoms with E-state index < -0.39 is 0 Å². The minimum Gasteiger partial charge on any atom is -0.372 e. The summed E-state index contributed by atoms with van der Waals surface area (Å²) in [4.78, 5) is 12.6. The summed E-state index contributed by atoms with van der Waals surface area (Å²) >= 11 is 0. The second-order valence-electron chi connectivity index (χ2n) is 7.54. The summed E-state index contributed by atoms with van der Waals surface area (Å²) in [5.74, 6) is 1.53. The standard InChI is InChI=1S/C19H24N4O2/c1-19(2)8-7-15(13-5-3-4-6-14(13)19)20-18(24)11-16-21-22-17-12-25-10-9-23(16)17/h3-6,15H,7-12H2,1-2H3,(H,20,24). The van der Waals surface area contributed by atoms with Crippen LogP contribution < -0.4 is 5.32 Å². The van der Waals surface area contributed by atoms with Crippen molar-refractivity contribution >= 4 is 5.91 Å². The molecule has 1 aromatic heterocycles. The Morgan fingerprint density at radius 2 is 2.20 bits per heavy atom. The molecule has 1 unspecified atom stereocenters. The molecule has 0 bridgehead atoms. The monoisotopic (exact) mass is 340 g/mol.